The molecule has 2 N–H and O–H groups in total. The lowest BCUT2D eigenvalue weighted by Gasteiger charge is -2.13. The average Bonchev–Trinajstić information content (AvgIpc) is 2.70. The second kappa shape index (κ2) is 6.67. The number of aromatic nitrogens is 1. The van der Waals surface area contributed by atoms with E-state index in [0.717, 1.165) is 6.54 Å². The number of nitrogens with one attached hydrogen (secondary N) is 1. The third-order valence-electron chi connectivity index (χ3n) is 3.61. The van der Waals surface area contributed by atoms with Gasteiger partial charge in [-0.3, -0.25) is 9.59 Å². The molecule has 0 radical (unpaired) electrons. The zero-order valence-electron chi connectivity index (χ0n) is 11.7. The Kier molecular flexibility index (Phi) is 4.92. The minimum absolute atomic E-state index is 0.000511. The highest BCUT2D eigenvalue weighted by molar-refractivity contribution is 5.76. The van der Waals surface area contributed by atoms with Crippen LogP contribution in [0.4, 0.5) is 0 Å². The highest BCUT2D eigenvalue weighted by atomic mass is 16.3. The maximum atomic E-state index is 11.8. The lowest BCUT2D eigenvalue weighted by molar-refractivity contribution is -0.122. The fourth-order valence-electron chi connectivity index (χ4n) is 2.54. The van der Waals surface area contributed by atoms with E-state index in [1.54, 1.807) is 22.9 Å². The van der Waals surface area contributed by atoms with Gasteiger partial charge in [-0.2, -0.15) is 0 Å². The van der Waals surface area contributed by atoms with Gasteiger partial charge in [0.25, 0.3) is 5.56 Å². The first-order valence-electron chi connectivity index (χ1n) is 6.85. The number of likely N-dealkylation sites (N-methyl/N-ethyl adjacent to an activating group) is 1. The molecule has 1 fully saturated rings. The second-order valence-corrected chi connectivity index (χ2v) is 5.33. The molecule has 1 aliphatic rings. The average molecular weight is 279 g/mol. The first-order valence-corrected chi connectivity index (χ1v) is 6.85. The molecule has 0 spiro atoms. The summed E-state index contributed by atoms with van der Waals surface area (Å²) in [6, 6.07) is 4.97. The van der Waals surface area contributed by atoms with Crippen LogP contribution in [0.5, 0.6) is 0 Å². The number of rotatable bonds is 5. The Bertz CT molecular complexity index is 514. The van der Waals surface area contributed by atoms with Crippen molar-refractivity contribution in [1.29, 1.82) is 0 Å². The summed E-state index contributed by atoms with van der Waals surface area (Å²) in [5.74, 6) is -0.0761. The van der Waals surface area contributed by atoms with E-state index in [9.17, 15) is 14.7 Å². The van der Waals surface area contributed by atoms with Crippen molar-refractivity contribution in [3.63, 3.8) is 0 Å². The molecule has 1 aromatic heterocycles. The number of pyridine rings is 1. The van der Waals surface area contributed by atoms with E-state index < -0.39 is 6.10 Å². The summed E-state index contributed by atoms with van der Waals surface area (Å²) in [5.41, 5.74) is -0.0745. The standard InChI is InChI=1S/C14H21N3O3/c1-16-9-11(12(18)10-16)8-13(19)15-5-7-17-6-3-2-4-14(17)20/h2-4,6,11-12,18H,5,7-10H2,1H3,(H,15,19)/t11-,12-/m1/s1. The number of amides is 1. The van der Waals surface area contributed by atoms with Crippen molar-refractivity contribution in [2.45, 2.75) is 19.1 Å². The molecule has 2 rings (SSSR count). The van der Waals surface area contributed by atoms with Gasteiger partial charge in [-0.1, -0.05) is 6.07 Å². The molecule has 0 unspecified atom stereocenters. The minimum atomic E-state index is -0.428. The minimum Gasteiger partial charge on any atom is -0.391 e. The van der Waals surface area contributed by atoms with Gasteiger partial charge in [0, 0.05) is 50.8 Å². The lowest BCUT2D eigenvalue weighted by Crippen LogP contribution is -2.33. The molecule has 110 valence electrons. The van der Waals surface area contributed by atoms with Crippen molar-refractivity contribution in [2.75, 3.05) is 26.7 Å². The van der Waals surface area contributed by atoms with Crippen molar-refractivity contribution < 1.29 is 9.90 Å². The molecule has 2 atom stereocenters. The molecule has 0 saturated carbocycles. The smallest absolute Gasteiger partial charge is 0.250 e. The van der Waals surface area contributed by atoms with Crippen LogP contribution in [0.1, 0.15) is 6.42 Å². The predicted octanol–water partition coefficient (Wildman–Crippen LogP) is -0.723. The van der Waals surface area contributed by atoms with Gasteiger partial charge >= 0.3 is 0 Å². The monoisotopic (exact) mass is 279 g/mol. The first kappa shape index (κ1) is 14.7. The van der Waals surface area contributed by atoms with Gasteiger partial charge in [-0.25, -0.2) is 0 Å². The molecule has 20 heavy (non-hydrogen) atoms. The Labute approximate surface area is 118 Å². The maximum Gasteiger partial charge on any atom is 0.250 e. The Hall–Kier alpha value is -1.66. The van der Waals surface area contributed by atoms with E-state index in [-0.39, 0.29) is 17.4 Å². The zero-order chi connectivity index (χ0) is 14.5. The van der Waals surface area contributed by atoms with Crippen molar-refractivity contribution in [3.05, 3.63) is 34.7 Å². The van der Waals surface area contributed by atoms with Crippen molar-refractivity contribution in [2.24, 2.45) is 5.92 Å². The number of nitrogens with zero attached hydrogens (tertiary/aromatic N) is 2. The van der Waals surface area contributed by atoms with Crippen LogP contribution in [-0.4, -0.2) is 53.3 Å². The number of β-amino-alcohol motifs (C(OH)–C–C–N with tert-alkyl or cyclic N) is 1. The molecule has 6 heteroatoms. The highest BCUT2D eigenvalue weighted by Gasteiger charge is 2.30. The quantitative estimate of drug-likeness (QED) is 0.746. The van der Waals surface area contributed by atoms with Crippen molar-refractivity contribution in [3.8, 4) is 0 Å². The maximum absolute atomic E-state index is 11.8. The molecule has 1 aromatic rings. The number of likely N-dealkylation sites (tertiary alicyclic amines) is 1. The molecular weight excluding hydrogens is 258 g/mol. The summed E-state index contributed by atoms with van der Waals surface area (Å²) in [6.45, 7) is 2.24. The van der Waals surface area contributed by atoms with Crippen molar-refractivity contribution in [1.82, 2.24) is 14.8 Å². The number of hydrogen-bond donors (Lipinski definition) is 2. The number of hydrogen-bond acceptors (Lipinski definition) is 4. The topological polar surface area (TPSA) is 74.6 Å². The van der Waals surface area contributed by atoms with Gasteiger partial charge in [0.2, 0.25) is 5.91 Å². The Morgan fingerprint density at radius 2 is 2.25 bits per heavy atom. The molecule has 6 nitrogen and oxygen atoms in total. The van der Waals surface area contributed by atoms with E-state index in [4.69, 9.17) is 0 Å². The van der Waals surface area contributed by atoms with Crippen LogP contribution in [0, 0.1) is 5.92 Å². The second-order valence-electron chi connectivity index (χ2n) is 5.33. The summed E-state index contributed by atoms with van der Waals surface area (Å²) < 4.78 is 1.55. The summed E-state index contributed by atoms with van der Waals surface area (Å²) in [5, 5.41) is 12.6. The van der Waals surface area contributed by atoms with E-state index in [1.807, 2.05) is 11.9 Å². The third-order valence-corrected chi connectivity index (χ3v) is 3.61. The molecular formula is C14H21N3O3. The molecule has 0 aliphatic carbocycles. The fraction of sp³-hybridized carbons (Fsp3) is 0.571. The number of aliphatic hydroxyl groups excluding tert-OH is 1. The van der Waals surface area contributed by atoms with E-state index >= 15 is 0 Å². The van der Waals surface area contributed by atoms with Crippen LogP contribution in [0.2, 0.25) is 0 Å². The molecule has 2 heterocycles. The Morgan fingerprint density at radius 1 is 1.45 bits per heavy atom. The third kappa shape index (κ3) is 3.91. The molecule has 1 amide bonds. The van der Waals surface area contributed by atoms with E-state index in [2.05, 4.69) is 5.32 Å². The molecule has 1 aliphatic heterocycles. The molecule has 0 bridgehead atoms. The van der Waals surface area contributed by atoms with Gasteiger partial charge < -0.3 is 19.9 Å². The van der Waals surface area contributed by atoms with Crippen molar-refractivity contribution >= 4 is 5.91 Å². The fourth-order valence-corrected chi connectivity index (χ4v) is 2.54. The molecule has 0 aromatic carbocycles. The number of carbonyl (C=O) groups excluding carboxylic acids is 1. The van der Waals surface area contributed by atoms with Gasteiger partial charge in [0.15, 0.2) is 0 Å². The van der Waals surface area contributed by atoms with E-state index in [1.165, 1.54) is 6.07 Å². The predicted molar refractivity (Wildman–Crippen MR) is 75.3 cm³/mol. The van der Waals surface area contributed by atoms with Gasteiger partial charge in [-0.05, 0) is 13.1 Å². The number of aliphatic hydroxyl groups is 1. The Morgan fingerprint density at radius 3 is 2.90 bits per heavy atom. The van der Waals surface area contributed by atoms with Gasteiger partial charge in [0.05, 0.1) is 6.10 Å². The Balaban J connectivity index is 1.73. The van der Waals surface area contributed by atoms with Crippen LogP contribution >= 0.6 is 0 Å². The lowest BCUT2D eigenvalue weighted by atomic mass is 10.0. The summed E-state index contributed by atoms with van der Waals surface area (Å²) in [4.78, 5) is 25.3. The number of carbonyl (C=O) groups is 1. The van der Waals surface area contributed by atoms with Crippen LogP contribution in [-0.2, 0) is 11.3 Å². The van der Waals surface area contributed by atoms with Crippen LogP contribution in [0.25, 0.3) is 0 Å². The first-order chi connectivity index (χ1) is 9.56. The zero-order valence-corrected chi connectivity index (χ0v) is 11.7. The van der Waals surface area contributed by atoms with Crippen LogP contribution in [0.15, 0.2) is 29.2 Å². The van der Waals surface area contributed by atoms with Gasteiger partial charge in [0.1, 0.15) is 0 Å². The van der Waals surface area contributed by atoms with E-state index in [0.29, 0.717) is 26.1 Å². The normalized spacial score (nSPS) is 22.9. The highest BCUT2D eigenvalue weighted by Crippen LogP contribution is 2.18. The summed E-state index contributed by atoms with van der Waals surface area (Å²) >= 11 is 0. The summed E-state index contributed by atoms with van der Waals surface area (Å²) in [6.07, 6.45) is 1.60. The van der Waals surface area contributed by atoms with Crippen LogP contribution in [0.3, 0.4) is 0 Å². The SMILES string of the molecule is CN1C[C@@H](CC(=O)NCCn2ccccc2=O)[C@H](O)C1. The molecule has 1 saturated heterocycles. The summed E-state index contributed by atoms with van der Waals surface area (Å²) in [7, 11) is 1.93. The van der Waals surface area contributed by atoms with Gasteiger partial charge in [-0.15, -0.1) is 0 Å². The van der Waals surface area contributed by atoms with Crippen LogP contribution < -0.4 is 10.9 Å². The largest absolute Gasteiger partial charge is 0.391 e.